The van der Waals surface area contributed by atoms with E-state index in [1.54, 1.807) is 0 Å². The molecule has 0 atom stereocenters. The number of aryl methyl sites for hydroxylation is 1. The van der Waals surface area contributed by atoms with Gasteiger partial charge >= 0.3 is 0 Å². The highest BCUT2D eigenvalue weighted by Gasteiger charge is 2.14. The Morgan fingerprint density at radius 2 is 1.76 bits per heavy atom. The number of hydrogen-bond donors (Lipinski definition) is 5. The topological polar surface area (TPSA) is 191 Å². The molecule has 3 rings (SSSR count). The molecule has 0 bridgehead atoms. The number of nitrogens with zero attached hydrogens (tertiary/aromatic N) is 3. The van der Waals surface area contributed by atoms with Gasteiger partial charge in [0.05, 0.1) is 12.3 Å². The molecule has 0 amide bonds. The van der Waals surface area contributed by atoms with Gasteiger partial charge in [-0.25, -0.2) is 5.26 Å². The van der Waals surface area contributed by atoms with Gasteiger partial charge in [0.15, 0.2) is 12.3 Å². The molecular weight excluding hydrogens is 512 g/mol. The molecule has 2 aromatic carbocycles. The van der Waals surface area contributed by atoms with Crippen LogP contribution >= 0.6 is 23.9 Å². The molecule has 13 nitrogen and oxygen atoms in total. The molecule has 0 spiro atoms. The van der Waals surface area contributed by atoms with Crippen LogP contribution < -0.4 is 16.4 Å². The quantitative estimate of drug-likeness (QED) is 0.0567. The van der Waals surface area contributed by atoms with Crippen molar-refractivity contribution in [2.45, 2.75) is 17.7 Å². The summed E-state index contributed by atoms with van der Waals surface area (Å²) in [5.41, 5.74) is 7.65. The maximum absolute atomic E-state index is 11.3. The highest BCUT2D eigenvalue weighted by molar-refractivity contribution is 7.89. The Hall–Kier alpha value is -2.76. The van der Waals surface area contributed by atoms with Gasteiger partial charge in [0.1, 0.15) is 4.90 Å². The van der Waals surface area contributed by atoms with Crippen LogP contribution in [0.1, 0.15) is 12.0 Å². The van der Waals surface area contributed by atoms with Crippen LogP contribution in [-0.2, 0) is 30.1 Å². The van der Waals surface area contributed by atoms with E-state index in [-0.39, 0.29) is 22.9 Å². The maximum atomic E-state index is 11.3. The van der Waals surface area contributed by atoms with Gasteiger partial charge in [-0.1, -0.05) is 17.2 Å². The van der Waals surface area contributed by atoms with Crippen molar-refractivity contribution in [2.75, 3.05) is 23.0 Å². The molecule has 0 radical (unpaired) electrons. The van der Waals surface area contributed by atoms with Crippen LogP contribution in [0, 0.1) is 0 Å². The second-order valence-electron chi connectivity index (χ2n) is 6.57. The molecule has 1 aromatic heterocycles. The summed E-state index contributed by atoms with van der Waals surface area (Å²) in [7, 11) is -4.44. The third-order valence-electron chi connectivity index (χ3n) is 4.13. The van der Waals surface area contributed by atoms with Gasteiger partial charge in [0, 0.05) is 11.4 Å². The lowest BCUT2D eigenvalue weighted by atomic mass is 10.1. The number of nitrogens with one attached hydrogen (secondary N) is 2. The normalized spacial score (nSPS) is 11.4. The Kier molecular flexibility index (Phi) is 9.20. The Morgan fingerprint density at radius 1 is 1.06 bits per heavy atom. The monoisotopic (exact) mass is 530 g/mol. The first kappa shape index (κ1) is 25.9. The molecule has 16 heteroatoms. The summed E-state index contributed by atoms with van der Waals surface area (Å²) in [4.78, 5) is 11.9. The number of benzene rings is 2. The zero-order chi connectivity index (χ0) is 24.6. The number of nitrogen functional groups attached to an aromatic ring is 1. The molecule has 34 heavy (non-hydrogen) atoms. The van der Waals surface area contributed by atoms with Gasteiger partial charge in [-0.2, -0.15) is 23.4 Å². The summed E-state index contributed by atoms with van der Waals surface area (Å²) in [6.07, 6.45) is 1.40. The van der Waals surface area contributed by atoms with Crippen molar-refractivity contribution >= 4 is 63.0 Å². The maximum Gasteiger partial charge on any atom is 0.296 e. The van der Waals surface area contributed by atoms with E-state index in [1.807, 2.05) is 24.3 Å². The van der Waals surface area contributed by atoms with Gasteiger partial charge < -0.3 is 16.4 Å². The molecule has 0 saturated carbocycles. The highest BCUT2D eigenvalue weighted by atomic mass is 35.5. The van der Waals surface area contributed by atoms with E-state index in [9.17, 15) is 8.42 Å². The largest absolute Gasteiger partial charge is 0.398 e. The standard InChI is InChI=1S/C18H19ClN6O7S2/c19-16-23-17(21-12-5-1-3-11(9-12)4-2-8-30-33-32-31-26)25-18(24-16)22-13-6-7-15(14(20)10-13)34(27,28)29/h1,3,5-7,9-10,26H,2,4,8,20H2,(H,27,28,29)(H2,21,22,23,24,25). The number of anilines is 5. The van der Waals surface area contributed by atoms with Gasteiger partial charge in [0.25, 0.3) is 10.1 Å². The third-order valence-corrected chi connectivity index (χ3v) is 5.61. The Labute approximate surface area is 203 Å². The lowest BCUT2D eigenvalue weighted by Crippen LogP contribution is -2.06. The van der Waals surface area contributed by atoms with Crippen LogP contribution in [0.3, 0.4) is 0 Å². The van der Waals surface area contributed by atoms with Crippen molar-refractivity contribution < 1.29 is 31.8 Å². The Bertz CT molecular complexity index is 1240. The van der Waals surface area contributed by atoms with Gasteiger partial charge in [-0.15, -0.1) is 4.33 Å². The molecule has 0 aliphatic carbocycles. The molecule has 1 heterocycles. The molecule has 0 fully saturated rings. The first-order chi connectivity index (χ1) is 16.2. The zero-order valence-corrected chi connectivity index (χ0v) is 19.6. The molecule has 0 unspecified atom stereocenters. The number of nitrogens with two attached hydrogens (primary N) is 1. The minimum Gasteiger partial charge on any atom is -0.398 e. The lowest BCUT2D eigenvalue weighted by molar-refractivity contribution is -0.434. The van der Waals surface area contributed by atoms with Crippen molar-refractivity contribution in [2.24, 2.45) is 0 Å². The van der Waals surface area contributed by atoms with E-state index in [0.717, 1.165) is 11.6 Å². The number of halogens is 1. The summed E-state index contributed by atoms with van der Waals surface area (Å²) in [6.45, 7) is 0.375. The van der Waals surface area contributed by atoms with E-state index >= 15 is 0 Å². The van der Waals surface area contributed by atoms with Crippen molar-refractivity contribution in [3.8, 4) is 0 Å². The second kappa shape index (κ2) is 12.1. The van der Waals surface area contributed by atoms with E-state index < -0.39 is 15.0 Å². The smallest absolute Gasteiger partial charge is 0.296 e. The van der Waals surface area contributed by atoms with Crippen LogP contribution in [0.25, 0.3) is 0 Å². The number of aromatic nitrogens is 3. The summed E-state index contributed by atoms with van der Waals surface area (Å²) in [5, 5.41) is 17.3. The summed E-state index contributed by atoms with van der Waals surface area (Å²) < 4.78 is 40.9. The molecule has 3 aromatic rings. The van der Waals surface area contributed by atoms with E-state index in [0.29, 0.717) is 43.1 Å². The third kappa shape index (κ3) is 7.93. The van der Waals surface area contributed by atoms with Crippen molar-refractivity contribution in [3.63, 3.8) is 0 Å². The van der Waals surface area contributed by atoms with Gasteiger partial charge in [-0.05, 0) is 60.3 Å². The molecule has 182 valence electrons. The Balaban J connectivity index is 1.66. The molecule has 6 N–H and O–H groups in total. The Morgan fingerprint density at radius 3 is 2.41 bits per heavy atom. The van der Waals surface area contributed by atoms with Crippen LogP contribution in [-0.4, -0.2) is 39.8 Å². The van der Waals surface area contributed by atoms with Crippen LogP contribution in [0.15, 0.2) is 47.4 Å². The molecule has 0 aliphatic heterocycles. The van der Waals surface area contributed by atoms with E-state index in [1.165, 1.54) is 12.1 Å². The van der Waals surface area contributed by atoms with E-state index in [4.69, 9.17) is 31.3 Å². The first-order valence-electron chi connectivity index (χ1n) is 9.42. The van der Waals surface area contributed by atoms with Crippen molar-refractivity contribution in [1.29, 1.82) is 0 Å². The van der Waals surface area contributed by atoms with Gasteiger partial charge in [0.2, 0.25) is 17.2 Å². The van der Waals surface area contributed by atoms with Crippen LogP contribution in [0.5, 0.6) is 0 Å². The summed E-state index contributed by atoms with van der Waals surface area (Å²) in [5.74, 6) is 0.254. The van der Waals surface area contributed by atoms with Crippen molar-refractivity contribution in [3.05, 3.63) is 53.3 Å². The molecule has 0 saturated heterocycles. The predicted molar refractivity (Wildman–Crippen MR) is 125 cm³/mol. The fraction of sp³-hybridized carbons (Fsp3) is 0.167. The first-order valence-corrected chi connectivity index (χ1v) is 11.9. The number of rotatable bonds is 12. The fourth-order valence-electron chi connectivity index (χ4n) is 2.79. The lowest BCUT2D eigenvalue weighted by Gasteiger charge is -2.10. The van der Waals surface area contributed by atoms with E-state index in [2.05, 4.69) is 35.0 Å². The molecule has 0 aliphatic rings. The summed E-state index contributed by atoms with van der Waals surface area (Å²) in [6, 6.07) is 11.4. The molecular formula is C18H19ClN6O7S2. The zero-order valence-electron chi connectivity index (χ0n) is 17.2. The SMILES string of the molecule is Nc1cc(Nc2nc(Cl)nc(Nc3cccc(CCCOSOOO)c3)n2)ccc1S(=O)(=O)O. The average molecular weight is 531 g/mol. The predicted octanol–water partition coefficient (Wildman–Crippen LogP) is 3.77. The summed E-state index contributed by atoms with van der Waals surface area (Å²) >= 11 is 6.55. The number of hydrogen-bond acceptors (Lipinski definition) is 13. The van der Waals surface area contributed by atoms with Crippen LogP contribution in [0.2, 0.25) is 5.28 Å². The van der Waals surface area contributed by atoms with Gasteiger partial charge in [-0.3, -0.25) is 8.74 Å². The van der Waals surface area contributed by atoms with Crippen LogP contribution in [0.4, 0.5) is 29.0 Å². The fourth-order valence-corrected chi connectivity index (χ4v) is 3.79. The van der Waals surface area contributed by atoms with Crippen molar-refractivity contribution in [1.82, 2.24) is 15.0 Å². The highest BCUT2D eigenvalue weighted by Crippen LogP contribution is 2.25. The minimum atomic E-state index is -4.44. The average Bonchev–Trinajstić information content (AvgIpc) is 2.75. The second-order valence-corrected chi connectivity index (χ2v) is 8.80. The minimum absolute atomic E-state index is 0.0811.